The zero-order valence-electron chi connectivity index (χ0n) is 13.0. The summed E-state index contributed by atoms with van der Waals surface area (Å²) in [5.74, 6) is 1.71. The number of hydrogen-bond acceptors (Lipinski definition) is 3. The van der Waals surface area contributed by atoms with Crippen LogP contribution in [-0.4, -0.2) is 15.2 Å². The summed E-state index contributed by atoms with van der Waals surface area (Å²) in [6, 6.07) is 5.95. The highest BCUT2D eigenvalue weighted by Crippen LogP contribution is 2.67. The summed E-state index contributed by atoms with van der Waals surface area (Å²) in [7, 11) is 0. The molecule has 24 heavy (non-hydrogen) atoms. The van der Waals surface area contributed by atoms with Gasteiger partial charge in [0.15, 0.2) is 0 Å². The minimum absolute atomic E-state index is 0.0194. The van der Waals surface area contributed by atoms with Gasteiger partial charge in [-0.05, 0) is 61.5 Å². The van der Waals surface area contributed by atoms with E-state index < -0.39 is 9.26 Å². The Labute approximate surface area is 149 Å². The van der Waals surface area contributed by atoms with E-state index in [9.17, 15) is 14.9 Å². The average molecular weight is 369 g/mol. The van der Waals surface area contributed by atoms with Crippen LogP contribution in [0.4, 0.5) is 11.4 Å². The number of nitrogens with one attached hydrogen (secondary N) is 1. The van der Waals surface area contributed by atoms with Crippen molar-refractivity contribution >= 4 is 40.5 Å². The lowest BCUT2D eigenvalue weighted by atomic mass is 10.0. The molecule has 7 heteroatoms. The summed E-state index contributed by atoms with van der Waals surface area (Å²) in [5.41, 5.74) is 0.624. The van der Waals surface area contributed by atoms with E-state index in [1.165, 1.54) is 12.1 Å². The number of non-ortho nitro benzene ring substituents is 1. The molecule has 1 aromatic rings. The number of carbonyl (C=O) groups is 1. The predicted molar refractivity (Wildman–Crippen MR) is 92.1 cm³/mol. The third kappa shape index (κ3) is 2.68. The van der Waals surface area contributed by atoms with Crippen molar-refractivity contribution in [1.29, 1.82) is 0 Å². The first-order valence-electron chi connectivity index (χ1n) is 8.32. The molecule has 0 spiro atoms. The van der Waals surface area contributed by atoms with Gasteiger partial charge in [-0.2, -0.15) is 0 Å². The lowest BCUT2D eigenvalue weighted by Crippen LogP contribution is -2.15. The molecule has 0 radical (unpaired) electrons. The minimum atomic E-state index is -0.534. The summed E-state index contributed by atoms with van der Waals surface area (Å²) >= 11 is 12.6. The molecule has 0 heterocycles. The Balaban J connectivity index is 1.36. The number of hydrogen-bond donors (Lipinski definition) is 1. The first kappa shape index (κ1) is 16.2. The Kier molecular flexibility index (Phi) is 3.77. The first-order valence-corrected chi connectivity index (χ1v) is 9.08. The maximum Gasteiger partial charge on any atom is 0.269 e. The van der Waals surface area contributed by atoms with Crippen LogP contribution >= 0.6 is 23.2 Å². The van der Waals surface area contributed by atoms with E-state index >= 15 is 0 Å². The minimum Gasteiger partial charge on any atom is -0.326 e. The fourth-order valence-corrected chi connectivity index (χ4v) is 5.42. The van der Waals surface area contributed by atoms with Crippen LogP contribution in [-0.2, 0) is 4.79 Å². The summed E-state index contributed by atoms with van der Waals surface area (Å²) in [6.07, 6.45) is 4.01. The normalized spacial score (nSPS) is 35.7. The average Bonchev–Trinajstić information content (AvgIpc) is 3.32. The molecular weight excluding hydrogens is 351 g/mol. The van der Waals surface area contributed by atoms with Gasteiger partial charge < -0.3 is 5.32 Å². The molecule has 0 unspecified atom stereocenters. The molecule has 3 fully saturated rings. The molecule has 0 aromatic heterocycles. The summed E-state index contributed by atoms with van der Waals surface area (Å²) in [6.45, 7) is 0. The van der Waals surface area contributed by atoms with E-state index in [-0.39, 0.29) is 17.5 Å². The van der Waals surface area contributed by atoms with Gasteiger partial charge in [0.25, 0.3) is 5.69 Å². The Morgan fingerprint density at radius 2 is 1.62 bits per heavy atom. The number of nitrogens with zero attached hydrogens (tertiary/aromatic N) is 1. The van der Waals surface area contributed by atoms with E-state index in [4.69, 9.17) is 23.2 Å². The van der Waals surface area contributed by atoms with Gasteiger partial charge in [0.2, 0.25) is 5.91 Å². The van der Waals surface area contributed by atoms with E-state index in [1.807, 2.05) is 0 Å². The van der Waals surface area contributed by atoms with Crippen molar-refractivity contribution in [3.8, 4) is 0 Å². The number of nitro benzene ring substituents is 1. The highest BCUT2D eigenvalue weighted by molar-refractivity contribution is 6.51. The number of nitro groups is 1. The highest BCUT2D eigenvalue weighted by atomic mass is 35.5. The Morgan fingerprint density at radius 3 is 2.12 bits per heavy atom. The van der Waals surface area contributed by atoms with Gasteiger partial charge in [0.05, 0.1) is 4.92 Å². The molecule has 4 rings (SSSR count). The van der Waals surface area contributed by atoms with Gasteiger partial charge in [-0.1, -0.05) is 0 Å². The second kappa shape index (κ2) is 5.60. The van der Waals surface area contributed by atoms with Crippen molar-refractivity contribution in [2.45, 2.75) is 30.0 Å². The van der Waals surface area contributed by atoms with Gasteiger partial charge in [-0.3, -0.25) is 14.9 Å². The molecular formula is C17H18Cl2N2O3. The zero-order valence-corrected chi connectivity index (χ0v) is 14.5. The van der Waals surface area contributed by atoms with Crippen molar-refractivity contribution in [3.05, 3.63) is 34.4 Å². The van der Waals surface area contributed by atoms with Crippen LogP contribution in [0.5, 0.6) is 0 Å². The van der Waals surface area contributed by atoms with Crippen LogP contribution < -0.4 is 5.32 Å². The number of rotatable bonds is 3. The van der Waals surface area contributed by atoms with Gasteiger partial charge in [0.1, 0.15) is 4.33 Å². The molecule has 3 saturated carbocycles. The molecule has 3 aliphatic rings. The summed E-state index contributed by atoms with van der Waals surface area (Å²) in [5, 5.41) is 13.6. The van der Waals surface area contributed by atoms with Crippen molar-refractivity contribution in [2.24, 2.45) is 29.6 Å². The topological polar surface area (TPSA) is 72.2 Å². The van der Waals surface area contributed by atoms with Gasteiger partial charge in [-0.15, -0.1) is 23.2 Å². The molecule has 1 aromatic carbocycles. The van der Waals surface area contributed by atoms with E-state index in [2.05, 4.69) is 5.32 Å². The van der Waals surface area contributed by atoms with Crippen molar-refractivity contribution in [3.63, 3.8) is 0 Å². The van der Waals surface area contributed by atoms with Crippen molar-refractivity contribution < 1.29 is 9.72 Å². The lowest BCUT2D eigenvalue weighted by Gasteiger charge is -2.05. The number of alkyl halides is 2. The zero-order chi connectivity index (χ0) is 17.1. The van der Waals surface area contributed by atoms with Gasteiger partial charge in [0, 0.05) is 23.7 Å². The second-order valence-corrected chi connectivity index (χ2v) is 8.63. The Bertz CT molecular complexity index is 670. The largest absolute Gasteiger partial charge is 0.326 e. The third-order valence-electron chi connectivity index (χ3n) is 5.97. The summed E-state index contributed by atoms with van der Waals surface area (Å²) < 4.78 is -0.534. The number of benzene rings is 1. The lowest BCUT2D eigenvalue weighted by molar-refractivity contribution is -0.384. The summed E-state index contributed by atoms with van der Waals surface area (Å²) in [4.78, 5) is 22.7. The fraction of sp³-hybridized carbons (Fsp3) is 0.588. The number of fused-ring (bicyclic) bond motifs is 2. The van der Waals surface area contributed by atoms with Crippen molar-refractivity contribution in [2.75, 3.05) is 5.32 Å². The standard InChI is InChI=1S/C17H18Cl2N2O3/c18-17(19)13-7-5-11-12(6-8-14(13)17)15(11)16(22)20-9-1-3-10(4-2-9)21(23)24/h1-4,11-15H,5-8H2,(H,20,22)/t11-,12-,13+,14+/m0/s1. The van der Waals surface area contributed by atoms with Crippen LogP contribution in [0.2, 0.25) is 0 Å². The number of carbonyl (C=O) groups excluding carboxylic acids is 1. The predicted octanol–water partition coefficient (Wildman–Crippen LogP) is 4.39. The smallest absolute Gasteiger partial charge is 0.269 e. The molecule has 5 nitrogen and oxygen atoms in total. The van der Waals surface area contributed by atoms with E-state index in [0.29, 0.717) is 29.4 Å². The third-order valence-corrected chi connectivity index (χ3v) is 7.09. The molecule has 0 bridgehead atoms. The molecule has 1 amide bonds. The van der Waals surface area contributed by atoms with Crippen LogP contribution in [0.15, 0.2) is 24.3 Å². The van der Waals surface area contributed by atoms with E-state index in [1.54, 1.807) is 12.1 Å². The Hall–Kier alpha value is -1.33. The van der Waals surface area contributed by atoms with Gasteiger partial charge in [-0.25, -0.2) is 0 Å². The highest BCUT2D eigenvalue weighted by Gasteiger charge is 2.65. The number of anilines is 1. The quantitative estimate of drug-likeness (QED) is 0.488. The Morgan fingerprint density at radius 1 is 1.08 bits per heavy atom. The SMILES string of the molecule is O=C(Nc1ccc([N+](=O)[O-])cc1)C1[C@H]2CC[C@@H]3[C@@H](CC[C@H]12)C3(Cl)Cl. The monoisotopic (exact) mass is 368 g/mol. The molecule has 128 valence electrons. The molecule has 3 aliphatic carbocycles. The number of halogens is 2. The molecule has 0 aliphatic heterocycles. The van der Waals surface area contributed by atoms with E-state index in [0.717, 1.165) is 25.7 Å². The van der Waals surface area contributed by atoms with Crippen LogP contribution in [0, 0.1) is 39.7 Å². The van der Waals surface area contributed by atoms with Gasteiger partial charge >= 0.3 is 0 Å². The molecule has 4 atom stereocenters. The second-order valence-electron chi connectivity index (χ2n) is 7.19. The van der Waals surface area contributed by atoms with Crippen molar-refractivity contribution in [1.82, 2.24) is 0 Å². The fourth-order valence-electron chi connectivity index (χ4n) is 4.51. The first-order chi connectivity index (χ1) is 11.4. The molecule has 1 N–H and O–H groups in total. The van der Waals surface area contributed by atoms with Crippen LogP contribution in [0.1, 0.15) is 25.7 Å². The molecule has 0 saturated heterocycles. The number of amides is 1. The van der Waals surface area contributed by atoms with Crippen LogP contribution in [0.3, 0.4) is 0 Å². The maximum atomic E-state index is 12.5. The maximum absolute atomic E-state index is 12.5. The van der Waals surface area contributed by atoms with Crippen LogP contribution in [0.25, 0.3) is 0 Å².